The second-order valence-corrected chi connectivity index (χ2v) is 7.97. The van der Waals surface area contributed by atoms with Crippen molar-refractivity contribution >= 4 is 17.4 Å². The van der Waals surface area contributed by atoms with Crippen molar-refractivity contribution in [3.63, 3.8) is 0 Å². The summed E-state index contributed by atoms with van der Waals surface area (Å²) in [4.78, 5) is 24.4. The van der Waals surface area contributed by atoms with Crippen molar-refractivity contribution in [3.8, 4) is 17.3 Å². The number of benzene rings is 2. The first-order valence-electron chi connectivity index (χ1n) is 9.88. The van der Waals surface area contributed by atoms with Gasteiger partial charge in [-0.05, 0) is 17.9 Å². The van der Waals surface area contributed by atoms with Crippen molar-refractivity contribution in [1.29, 1.82) is 5.26 Å². The summed E-state index contributed by atoms with van der Waals surface area (Å²) in [5, 5.41) is 10.1. The van der Waals surface area contributed by atoms with Gasteiger partial charge in [-0.1, -0.05) is 60.3 Å². The van der Waals surface area contributed by atoms with Gasteiger partial charge in [0.25, 0.3) is 5.56 Å². The van der Waals surface area contributed by atoms with E-state index in [1.54, 1.807) is 0 Å². The van der Waals surface area contributed by atoms with E-state index in [9.17, 15) is 10.1 Å². The molecule has 0 saturated carbocycles. The molecular weight excluding hydrogens is 394 g/mol. The van der Waals surface area contributed by atoms with E-state index in [1.165, 1.54) is 17.3 Å². The fraction of sp³-hybridized carbons (Fsp3) is 0.261. The van der Waals surface area contributed by atoms with Crippen LogP contribution in [-0.2, 0) is 6.54 Å². The van der Waals surface area contributed by atoms with Gasteiger partial charge in [-0.25, -0.2) is 4.98 Å². The van der Waals surface area contributed by atoms with E-state index >= 15 is 0 Å². The standard InChI is InChI=1S/C23H23N5OS/c1-30-23-25-21(19(15-24)22(29)26-23)18-9-5-6-10-20(18)28-13-11-27(12-14-28)16-17-7-3-2-4-8-17/h2-10H,11-14,16H2,1H3,(H,25,26,29). The number of nitrogens with zero attached hydrogens (tertiary/aromatic N) is 4. The summed E-state index contributed by atoms with van der Waals surface area (Å²) in [6.45, 7) is 4.61. The molecule has 3 aromatic rings. The Balaban J connectivity index is 1.59. The summed E-state index contributed by atoms with van der Waals surface area (Å²) >= 11 is 1.36. The average Bonchev–Trinajstić information content (AvgIpc) is 2.80. The molecule has 0 unspecified atom stereocenters. The molecule has 0 amide bonds. The largest absolute Gasteiger partial charge is 0.368 e. The number of aromatic amines is 1. The van der Waals surface area contributed by atoms with Crippen LogP contribution in [0.15, 0.2) is 64.5 Å². The summed E-state index contributed by atoms with van der Waals surface area (Å²) in [6.07, 6.45) is 1.85. The molecule has 1 aliphatic heterocycles. The van der Waals surface area contributed by atoms with Gasteiger partial charge in [-0.15, -0.1) is 0 Å². The van der Waals surface area contributed by atoms with Crippen LogP contribution < -0.4 is 10.5 Å². The smallest absolute Gasteiger partial charge is 0.270 e. The Kier molecular flexibility index (Phi) is 6.17. The lowest BCUT2D eigenvalue weighted by Gasteiger charge is -2.37. The van der Waals surface area contributed by atoms with E-state index < -0.39 is 5.56 Å². The van der Waals surface area contributed by atoms with Gasteiger partial charge in [0.2, 0.25) is 0 Å². The van der Waals surface area contributed by atoms with Gasteiger partial charge in [-0.3, -0.25) is 9.69 Å². The first-order valence-corrected chi connectivity index (χ1v) is 11.1. The third-order valence-corrected chi connectivity index (χ3v) is 5.90. The Morgan fingerprint density at radius 1 is 1.07 bits per heavy atom. The first-order chi connectivity index (χ1) is 14.7. The maximum Gasteiger partial charge on any atom is 0.270 e. The predicted molar refractivity (Wildman–Crippen MR) is 121 cm³/mol. The SMILES string of the molecule is CSc1nc(-c2ccccc2N2CCN(Cc3ccccc3)CC2)c(C#N)c(=O)[nH]1. The van der Waals surface area contributed by atoms with E-state index in [1.807, 2.05) is 42.7 Å². The molecule has 7 heteroatoms. The summed E-state index contributed by atoms with van der Waals surface area (Å²) in [5.74, 6) is 0. The van der Waals surface area contributed by atoms with Crippen molar-refractivity contribution in [1.82, 2.24) is 14.9 Å². The highest BCUT2D eigenvalue weighted by Gasteiger charge is 2.22. The van der Waals surface area contributed by atoms with Crippen LogP contribution in [0.1, 0.15) is 11.1 Å². The van der Waals surface area contributed by atoms with Gasteiger partial charge in [-0.2, -0.15) is 5.26 Å². The molecule has 0 bridgehead atoms. The molecule has 1 N–H and O–H groups in total. The number of anilines is 1. The Morgan fingerprint density at radius 2 is 1.77 bits per heavy atom. The Bertz CT molecular complexity index is 1110. The number of rotatable bonds is 5. The molecule has 152 valence electrons. The van der Waals surface area contributed by atoms with Crippen LogP contribution in [-0.4, -0.2) is 47.3 Å². The number of hydrogen-bond acceptors (Lipinski definition) is 6. The molecule has 0 aliphatic carbocycles. The summed E-state index contributed by atoms with van der Waals surface area (Å²) in [5.41, 5.74) is 3.28. The molecule has 1 aromatic heterocycles. The molecule has 0 atom stereocenters. The van der Waals surface area contributed by atoms with Gasteiger partial charge in [0.1, 0.15) is 11.6 Å². The maximum atomic E-state index is 12.4. The topological polar surface area (TPSA) is 76.0 Å². The molecule has 6 nitrogen and oxygen atoms in total. The lowest BCUT2D eigenvalue weighted by Crippen LogP contribution is -2.46. The third kappa shape index (κ3) is 4.25. The van der Waals surface area contributed by atoms with Crippen LogP contribution in [0.4, 0.5) is 5.69 Å². The molecular formula is C23H23N5OS. The van der Waals surface area contributed by atoms with Gasteiger partial charge < -0.3 is 9.88 Å². The highest BCUT2D eigenvalue weighted by Crippen LogP contribution is 2.32. The van der Waals surface area contributed by atoms with Crippen molar-refractivity contribution < 1.29 is 0 Å². The number of nitrogens with one attached hydrogen (secondary N) is 1. The zero-order valence-electron chi connectivity index (χ0n) is 16.8. The van der Waals surface area contributed by atoms with Crippen molar-refractivity contribution in [2.45, 2.75) is 11.7 Å². The first kappa shape index (κ1) is 20.2. The summed E-state index contributed by atoms with van der Waals surface area (Å²) in [6, 6.07) is 20.5. The molecule has 0 radical (unpaired) electrons. The minimum absolute atomic E-state index is 0.0583. The fourth-order valence-electron chi connectivity index (χ4n) is 3.79. The third-order valence-electron chi connectivity index (χ3n) is 5.32. The van der Waals surface area contributed by atoms with Gasteiger partial charge in [0, 0.05) is 44.0 Å². The van der Waals surface area contributed by atoms with E-state index in [0.29, 0.717) is 10.9 Å². The number of nitriles is 1. The minimum Gasteiger partial charge on any atom is -0.368 e. The predicted octanol–water partition coefficient (Wildman–Crippen LogP) is 3.35. The number of para-hydroxylation sites is 1. The van der Waals surface area contributed by atoms with Crippen LogP contribution in [0, 0.1) is 11.3 Å². The maximum absolute atomic E-state index is 12.4. The normalized spacial score (nSPS) is 14.5. The number of thioether (sulfide) groups is 1. The second kappa shape index (κ2) is 9.16. The van der Waals surface area contributed by atoms with Crippen molar-refractivity contribution in [3.05, 3.63) is 76.1 Å². The van der Waals surface area contributed by atoms with E-state index in [0.717, 1.165) is 44.0 Å². The quantitative estimate of drug-likeness (QED) is 0.507. The second-order valence-electron chi connectivity index (χ2n) is 7.18. The molecule has 30 heavy (non-hydrogen) atoms. The van der Waals surface area contributed by atoms with Gasteiger partial charge in [0.05, 0.1) is 5.69 Å². The van der Waals surface area contributed by atoms with Gasteiger partial charge in [0.15, 0.2) is 5.16 Å². The molecule has 2 aromatic carbocycles. The monoisotopic (exact) mass is 417 g/mol. The average molecular weight is 418 g/mol. The van der Waals surface area contributed by atoms with Gasteiger partial charge >= 0.3 is 0 Å². The molecule has 4 rings (SSSR count). The highest BCUT2D eigenvalue weighted by atomic mass is 32.2. The highest BCUT2D eigenvalue weighted by molar-refractivity contribution is 7.98. The Hall–Kier alpha value is -3.08. The molecule has 1 fully saturated rings. The summed E-state index contributed by atoms with van der Waals surface area (Å²) < 4.78 is 0. The summed E-state index contributed by atoms with van der Waals surface area (Å²) in [7, 11) is 0. The Labute approximate surface area is 180 Å². The lowest BCUT2D eigenvalue weighted by atomic mass is 10.0. The zero-order valence-corrected chi connectivity index (χ0v) is 17.7. The minimum atomic E-state index is -0.394. The number of piperazine rings is 1. The van der Waals surface area contributed by atoms with Crippen molar-refractivity contribution in [2.24, 2.45) is 0 Å². The zero-order chi connectivity index (χ0) is 20.9. The molecule has 1 saturated heterocycles. The number of H-pyrrole nitrogens is 1. The molecule has 0 spiro atoms. The van der Waals surface area contributed by atoms with E-state index in [4.69, 9.17) is 0 Å². The van der Waals surface area contributed by atoms with Crippen LogP contribution >= 0.6 is 11.8 Å². The Morgan fingerprint density at radius 3 is 2.47 bits per heavy atom. The fourth-order valence-corrected chi connectivity index (χ4v) is 4.16. The molecule has 2 heterocycles. The van der Waals surface area contributed by atoms with Crippen LogP contribution in [0.25, 0.3) is 11.3 Å². The van der Waals surface area contributed by atoms with E-state index in [-0.39, 0.29) is 5.56 Å². The van der Waals surface area contributed by atoms with Crippen molar-refractivity contribution in [2.75, 3.05) is 37.3 Å². The number of hydrogen-bond donors (Lipinski definition) is 1. The molecule has 1 aliphatic rings. The van der Waals surface area contributed by atoms with Crippen LogP contribution in [0.5, 0.6) is 0 Å². The van der Waals surface area contributed by atoms with Crippen LogP contribution in [0.3, 0.4) is 0 Å². The van der Waals surface area contributed by atoms with E-state index in [2.05, 4.69) is 44.0 Å². The van der Waals surface area contributed by atoms with Crippen LogP contribution in [0.2, 0.25) is 0 Å². The lowest BCUT2D eigenvalue weighted by molar-refractivity contribution is 0.250. The number of aromatic nitrogens is 2.